The monoisotopic (exact) mass is 640 g/mol. The van der Waals surface area contributed by atoms with E-state index in [0.717, 1.165) is 61.6 Å². The lowest BCUT2D eigenvalue weighted by Gasteiger charge is -2.11. The Morgan fingerprint density at radius 1 is 0.420 bits per heavy atom. The molecule has 5 heterocycles. The molecule has 0 radical (unpaired) electrons. The van der Waals surface area contributed by atoms with Crippen LogP contribution in [-0.2, 0) is 0 Å². The van der Waals surface area contributed by atoms with Gasteiger partial charge in [-0.25, -0.2) is 4.98 Å². The van der Waals surface area contributed by atoms with E-state index in [-0.39, 0.29) is 0 Å². The minimum atomic E-state index is 0.843. The summed E-state index contributed by atoms with van der Waals surface area (Å²) >= 11 is 0. The van der Waals surface area contributed by atoms with Crippen LogP contribution < -0.4 is 0 Å². The van der Waals surface area contributed by atoms with Crippen molar-refractivity contribution in [3.8, 4) is 28.5 Å². The average molecular weight is 641 g/mol. The minimum Gasteiger partial charge on any atom is -0.439 e. The van der Waals surface area contributed by atoms with Crippen LogP contribution in [0.1, 0.15) is 0 Å². The maximum absolute atomic E-state index is 6.29. The van der Waals surface area contributed by atoms with E-state index in [1.54, 1.807) is 0 Å². The van der Waals surface area contributed by atoms with Crippen molar-refractivity contribution in [2.45, 2.75) is 0 Å². The molecule has 0 N–H and O–H groups in total. The molecule has 5 nitrogen and oxygen atoms in total. The molecule has 0 aliphatic heterocycles. The number of benzene rings is 6. The van der Waals surface area contributed by atoms with Gasteiger partial charge in [-0.15, -0.1) is 0 Å². The topological polar surface area (TPSA) is 40.8 Å². The van der Waals surface area contributed by atoms with Crippen LogP contribution in [-0.4, -0.2) is 18.7 Å². The molecule has 11 aromatic rings. The number of furan rings is 1. The van der Waals surface area contributed by atoms with Gasteiger partial charge in [0.15, 0.2) is 0 Å². The van der Waals surface area contributed by atoms with Crippen LogP contribution in [0.15, 0.2) is 174 Å². The SMILES string of the molecule is c1cc(-c2cccc(-n3c4ccccc4c4cc(-n5c6ccccc6c6ccccc65)ccc43)n2)cc(-n2ccc3c4ccccc4oc32)c1. The molecule has 0 spiro atoms. The summed E-state index contributed by atoms with van der Waals surface area (Å²) in [6.45, 7) is 0. The van der Waals surface area contributed by atoms with E-state index in [2.05, 4.69) is 172 Å². The van der Waals surface area contributed by atoms with Crippen LogP contribution in [0.3, 0.4) is 0 Å². The van der Waals surface area contributed by atoms with Gasteiger partial charge in [-0.05, 0) is 72.8 Å². The molecule has 0 saturated heterocycles. The van der Waals surface area contributed by atoms with Crippen LogP contribution in [0.4, 0.5) is 0 Å². The first-order valence-corrected chi connectivity index (χ1v) is 16.9. The third-order valence-corrected chi connectivity index (χ3v) is 10.1. The van der Waals surface area contributed by atoms with Crippen molar-refractivity contribution in [1.82, 2.24) is 18.7 Å². The highest BCUT2D eigenvalue weighted by molar-refractivity contribution is 6.12. The zero-order valence-corrected chi connectivity index (χ0v) is 26.9. The second-order valence-corrected chi connectivity index (χ2v) is 12.9. The van der Waals surface area contributed by atoms with Crippen molar-refractivity contribution in [3.05, 3.63) is 170 Å². The first-order chi connectivity index (χ1) is 24.8. The Kier molecular flexibility index (Phi) is 5.60. The van der Waals surface area contributed by atoms with Gasteiger partial charge >= 0.3 is 0 Å². The number of pyridine rings is 1. The lowest BCUT2D eigenvalue weighted by molar-refractivity contribution is 0.643. The molecule has 6 aromatic carbocycles. The normalized spacial score (nSPS) is 12.0. The molecule has 234 valence electrons. The summed E-state index contributed by atoms with van der Waals surface area (Å²) in [5.41, 5.74) is 10.5. The highest BCUT2D eigenvalue weighted by Crippen LogP contribution is 2.37. The minimum absolute atomic E-state index is 0.843. The highest BCUT2D eigenvalue weighted by atomic mass is 16.3. The van der Waals surface area contributed by atoms with E-state index in [1.807, 2.05) is 12.1 Å². The predicted molar refractivity (Wildman–Crippen MR) is 205 cm³/mol. The largest absolute Gasteiger partial charge is 0.439 e. The van der Waals surface area contributed by atoms with Gasteiger partial charge in [0.2, 0.25) is 5.71 Å². The Morgan fingerprint density at radius 2 is 1.06 bits per heavy atom. The highest BCUT2D eigenvalue weighted by Gasteiger charge is 2.18. The molecule has 0 atom stereocenters. The Hall–Kier alpha value is -6.85. The number of para-hydroxylation sites is 4. The number of fused-ring (bicyclic) bond motifs is 9. The van der Waals surface area contributed by atoms with Gasteiger partial charge in [0, 0.05) is 55.5 Å². The molecule has 5 aromatic heterocycles. The fourth-order valence-corrected chi connectivity index (χ4v) is 7.88. The Labute approximate surface area is 286 Å². The Balaban J connectivity index is 1.06. The summed E-state index contributed by atoms with van der Waals surface area (Å²) in [5.74, 6) is 0.879. The van der Waals surface area contributed by atoms with Gasteiger partial charge < -0.3 is 8.98 Å². The fraction of sp³-hybridized carbons (Fsp3) is 0. The molecule has 0 saturated carbocycles. The smallest absolute Gasteiger partial charge is 0.212 e. The van der Waals surface area contributed by atoms with Gasteiger partial charge in [0.1, 0.15) is 11.4 Å². The predicted octanol–water partition coefficient (Wildman–Crippen LogP) is 11.6. The van der Waals surface area contributed by atoms with Crippen LogP contribution in [0.2, 0.25) is 0 Å². The third kappa shape index (κ3) is 3.86. The fourth-order valence-electron chi connectivity index (χ4n) is 7.88. The van der Waals surface area contributed by atoms with Crippen molar-refractivity contribution < 1.29 is 4.42 Å². The molecule has 0 aliphatic carbocycles. The van der Waals surface area contributed by atoms with Crippen molar-refractivity contribution in [2.24, 2.45) is 0 Å². The summed E-state index contributed by atoms with van der Waals surface area (Å²) in [6, 6.07) is 57.9. The molecule has 5 heteroatoms. The molecule has 50 heavy (non-hydrogen) atoms. The number of hydrogen-bond donors (Lipinski definition) is 0. The van der Waals surface area contributed by atoms with Crippen LogP contribution in [0.5, 0.6) is 0 Å². The van der Waals surface area contributed by atoms with Crippen LogP contribution >= 0.6 is 0 Å². The van der Waals surface area contributed by atoms with Crippen molar-refractivity contribution in [3.63, 3.8) is 0 Å². The van der Waals surface area contributed by atoms with Gasteiger partial charge in [0.25, 0.3) is 0 Å². The van der Waals surface area contributed by atoms with Crippen LogP contribution in [0, 0.1) is 0 Å². The summed E-state index contributed by atoms with van der Waals surface area (Å²) in [7, 11) is 0. The number of hydrogen-bond acceptors (Lipinski definition) is 2. The summed E-state index contributed by atoms with van der Waals surface area (Å²) < 4.78 is 13.1. The molecule has 0 fully saturated rings. The second kappa shape index (κ2) is 10.3. The van der Waals surface area contributed by atoms with E-state index in [0.29, 0.717) is 0 Å². The van der Waals surface area contributed by atoms with Crippen LogP contribution in [0.25, 0.3) is 94.1 Å². The van der Waals surface area contributed by atoms with Crippen molar-refractivity contribution in [2.75, 3.05) is 0 Å². The molecule has 0 unspecified atom stereocenters. The van der Waals surface area contributed by atoms with Crippen molar-refractivity contribution >= 4 is 65.7 Å². The van der Waals surface area contributed by atoms with Gasteiger partial charge in [-0.2, -0.15) is 0 Å². The molecule has 0 amide bonds. The lowest BCUT2D eigenvalue weighted by atomic mass is 10.1. The summed E-state index contributed by atoms with van der Waals surface area (Å²) in [4.78, 5) is 5.28. The second-order valence-electron chi connectivity index (χ2n) is 12.9. The number of rotatable bonds is 4. The Morgan fingerprint density at radius 3 is 1.84 bits per heavy atom. The first kappa shape index (κ1) is 27.1. The maximum Gasteiger partial charge on any atom is 0.212 e. The summed E-state index contributed by atoms with van der Waals surface area (Å²) in [6.07, 6.45) is 2.08. The molecule has 0 bridgehead atoms. The van der Waals surface area contributed by atoms with Crippen molar-refractivity contribution in [1.29, 1.82) is 0 Å². The summed E-state index contributed by atoms with van der Waals surface area (Å²) in [5, 5.41) is 7.14. The zero-order chi connectivity index (χ0) is 32.8. The molecule has 11 rings (SSSR count). The number of nitrogens with zero attached hydrogens (tertiary/aromatic N) is 4. The molecular weight excluding hydrogens is 613 g/mol. The first-order valence-electron chi connectivity index (χ1n) is 16.9. The van der Waals surface area contributed by atoms with Gasteiger partial charge in [0.05, 0.1) is 27.8 Å². The van der Waals surface area contributed by atoms with Gasteiger partial charge in [-0.3, -0.25) is 9.13 Å². The quantitative estimate of drug-likeness (QED) is 0.192. The molecular formula is C45H28N4O. The zero-order valence-electron chi connectivity index (χ0n) is 26.9. The van der Waals surface area contributed by atoms with Gasteiger partial charge in [-0.1, -0.05) is 91.0 Å². The average Bonchev–Trinajstić information content (AvgIpc) is 3.93. The standard InChI is InChI=1S/C45H28N4O/c1-5-18-39-32(13-1)33-14-2-6-19-40(33)48(39)31-23-24-42-37(28-31)34-15-3-7-20-41(34)49(42)44-22-10-17-38(46-44)29-11-9-12-30(27-29)47-26-25-36-35-16-4-8-21-43(35)50-45(36)47/h1-28H. The lowest BCUT2D eigenvalue weighted by Crippen LogP contribution is -1.99. The maximum atomic E-state index is 6.29. The number of aromatic nitrogens is 4. The van der Waals surface area contributed by atoms with E-state index in [9.17, 15) is 0 Å². The molecule has 0 aliphatic rings. The van der Waals surface area contributed by atoms with E-state index < -0.39 is 0 Å². The Bertz CT molecular complexity index is 3060. The van der Waals surface area contributed by atoms with E-state index >= 15 is 0 Å². The third-order valence-electron chi connectivity index (χ3n) is 10.1. The van der Waals surface area contributed by atoms with E-state index in [1.165, 1.54) is 32.6 Å². The van der Waals surface area contributed by atoms with E-state index in [4.69, 9.17) is 9.40 Å².